The van der Waals surface area contributed by atoms with E-state index in [0.717, 1.165) is 37.1 Å². The van der Waals surface area contributed by atoms with E-state index < -0.39 is 17.1 Å². The van der Waals surface area contributed by atoms with Crippen molar-refractivity contribution in [2.75, 3.05) is 26.2 Å². The predicted molar refractivity (Wildman–Crippen MR) is 104 cm³/mol. The van der Waals surface area contributed by atoms with Crippen LogP contribution in [0, 0.1) is 12.8 Å². The van der Waals surface area contributed by atoms with Gasteiger partial charge >= 0.3 is 0 Å². The summed E-state index contributed by atoms with van der Waals surface area (Å²) in [6.07, 6.45) is 1.91. The molecule has 6 heteroatoms. The Bertz CT molecular complexity index is 915. The Balaban J connectivity index is 1.47. The third kappa shape index (κ3) is 3.55. The van der Waals surface area contributed by atoms with Gasteiger partial charge in [0.2, 0.25) is 0 Å². The first kappa shape index (κ1) is 17.9. The molecule has 5 rings (SSSR count). The number of aromatic amines is 1. The lowest BCUT2D eigenvalue weighted by Gasteiger charge is -2.50. The highest BCUT2D eigenvalue weighted by molar-refractivity contribution is 5.94. The van der Waals surface area contributed by atoms with Crippen molar-refractivity contribution in [2.45, 2.75) is 25.4 Å². The fraction of sp³-hybridized carbons (Fsp3) is 0.429. The van der Waals surface area contributed by atoms with Crippen molar-refractivity contribution in [3.05, 3.63) is 57.9 Å². The molecule has 4 heterocycles. The van der Waals surface area contributed by atoms with E-state index in [1.54, 1.807) is 12.1 Å². The van der Waals surface area contributed by atoms with E-state index in [0.29, 0.717) is 12.2 Å². The number of aliphatic hydroxyl groups is 1. The third-order valence-electron chi connectivity index (χ3n) is 5.88. The number of rotatable bonds is 4. The molecule has 27 heavy (non-hydrogen) atoms. The number of aromatic nitrogens is 1. The van der Waals surface area contributed by atoms with Gasteiger partial charge in [-0.2, -0.15) is 0 Å². The second kappa shape index (κ2) is 6.94. The molecule has 0 radical (unpaired) electrons. The molecule has 2 aromatic rings. The number of amides is 1. The van der Waals surface area contributed by atoms with Crippen LogP contribution >= 0.6 is 0 Å². The Hall–Kier alpha value is -2.44. The molecule has 3 N–H and O–H groups in total. The van der Waals surface area contributed by atoms with Gasteiger partial charge in [0.15, 0.2) is 0 Å². The second-order valence-electron chi connectivity index (χ2n) is 7.82. The van der Waals surface area contributed by atoms with Crippen molar-refractivity contribution in [1.82, 2.24) is 15.2 Å². The molecular weight excluding hydrogens is 342 g/mol. The van der Waals surface area contributed by atoms with Crippen molar-refractivity contribution in [3.8, 4) is 11.3 Å². The molecule has 0 aliphatic carbocycles. The topological polar surface area (TPSA) is 85.4 Å². The molecule has 142 valence electrons. The largest absolute Gasteiger partial charge is 0.386 e. The third-order valence-corrected chi connectivity index (χ3v) is 5.88. The zero-order valence-electron chi connectivity index (χ0n) is 15.5. The van der Waals surface area contributed by atoms with Crippen LogP contribution in [0.25, 0.3) is 11.3 Å². The van der Waals surface area contributed by atoms with Crippen LogP contribution < -0.4 is 10.9 Å². The summed E-state index contributed by atoms with van der Waals surface area (Å²) in [7, 11) is 0. The molecular formula is C21H25N3O3. The maximum absolute atomic E-state index is 12.5. The van der Waals surface area contributed by atoms with Crippen LogP contribution in [-0.2, 0) is 0 Å². The lowest BCUT2D eigenvalue weighted by Crippen LogP contribution is -2.63. The number of hydrogen-bond acceptors (Lipinski definition) is 4. The van der Waals surface area contributed by atoms with Crippen LogP contribution in [0.3, 0.4) is 0 Å². The molecule has 1 aromatic carbocycles. The first-order valence-electron chi connectivity index (χ1n) is 9.48. The minimum Gasteiger partial charge on any atom is -0.386 e. The van der Waals surface area contributed by atoms with Gasteiger partial charge in [-0.1, -0.05) is 23.8 Å². The number of aryl methyl sites for hydroxylation is 1. The number of H-pyrrole nitrogens is 1. The van der Waals surface area contributed by atoms with Gasteiger partial charge in [-0.05, 0) is 62.5 Å². The summed E-state index contributed by atoms with van der Waals surface area (Å²) in [5.41, 5.74) is 1.42. The summed E-state index contributed by atoms with van der Waals surface area (Å²) in [5, 5.41) is 13.7. The number of fused-ring (bicyclic) bond motifs is 3. The van der Waals surface area contributed by atoms with Crippen LogP contribution in [0.15, 0.2) is 41.2 Å². The fourth-order valence-corrected chi connectivity index (χ4v) is 4.31. The zero-order valence-corrected chi connectivity index (χ0v) is 15.5. The van der Waals surface area contributed by atoms with Crippen LogP contribution in [0.5, 0.6) is 0 Å². The minimum absolute atomic E-state index is 0.0660. The Morgan fingerprint density at radius 2 is 2.07 bits per heavy atom. The molecule has 1 amide bonds. The number of nitrogens with zero attached hydrogens (tertiary/aromatic N) is 1. The highest BCUT2D eigenvalue weighted by Crippen LogP contribution is 2.35. The Morgan fingerprint density at radius 1 is 1.30 bits per heavy atom. The van der Waals surface area contributed by atoms with Gasteiger partial charge in [0.25, 0.3) is 11.5 Å². The number of carbonyl (C=O) groups excluding carboxylic acids is 1. The smallest absolute Gasteiger partial charge is 0.261 e. The average Bonchev–Trinajstić information content (AvgIpc) is 2.67. The molecule has 3 aliphatic rings. The number of pyridine rings is 1. The molecule has 0 saturated carbocycles. The molecule has 0 unspecified atom stereocenters. The monoisotopic (exact) mass is 367 g/mol. The predicted octanol–water partition coefficient (Wildman–Crippen LogP) is 1.54. The van der Waals surface area contributed by atoms with Crippen LogP contribution in [0.2, 0.25) is 0 Å². The molecule has 0 spiro atoms. The van der Waals surface area contributed by atoms with Gasteiger partial charge < -0.3 is 20.3 Å². The Kier molecular flexibility index (Phi) is 4.61. The second-order valence-corrected chi connectivity index (χ2v) is 7.82. The van der Waals surface area contributed by atoms with Gasteiger partial charge in [-0.15, -0.1) is 0 Å². The van der Waals surface area contributed by atoms with Crippen molar-refractivity contribution >= 4 is 5.91 Å². The lowest BCUT2D eigenvalue weighted by atomic mass is 9.75. The molecule has 2 bridgehead atoms. The number of piperidine rings is 3. The summed E-state index contributed by atoms with van der Waals surface area (Å²) in [6, 6.07) is 11.1. The normalized spacial score (nSPS) is 26.7. The molecule has 6 nitrogen and oxygen atoms in total. The van der Waals surface area contributed by atoms with Gasteiger partial charge in [-0.3, -0.25) is 9.59 Å². The first-order valence-corrected chi connectivity index (χ1v) is 9.48. The molecule has 3 fully saturated rings. The van der Waals surface area contributed by atoms with E-state index >= 15 is 0 Å². The van der Waals surface area contributed by atoms with Crippen molar-refractivity contribution in [2.24, 2.45) is 5.92 Å². The maximum Gasteiger partial charge on any atom is 0.261 e. The van der Waals surface area contributed by atoms with Crippen molar-refractivity contribution < 1.29 is 9.90 Å². The van der Waals surface area contributed by atoms with E-state index in [9.17, 15) is 14.7 Å². The quantitative estimate of drug-likeness (QED) is 0.765. The van der Waals surface area contributed by atoms with Gasteiger partial charge in [-0.25, -0.2) is 0 Å². The zero-order chi connectivity index (χ0) is 19.0. The van der Waals surface area contributed by atoms with Gasteiger partial charge in [0, 0.05) is 18.8 Å². The molecule has 3 aliphatic heterocycles. The van der Waals surface area contributed by atoms with Gasteiger partial charge in [0.1, 0.15) is 5.56 Å². The van der Waals surface area contributed by atoms with E-state index in [2.05, 4.69) is 15.2 Å². The number of carbonyl (C=O) groups is 1. The summed E-state index contributed by atoms with van der Waals surface area (Å²) in [6.45, 7) is 4.78. The van der Waals surface area contributed by atoms with E-state index in [-0.39, 0.29) is 18.0 Å². The maximum atomic E-state index is 12.5. The van der Waals surface area contributed by atoms with Crippen LogP contribution in [0.1, 0.15) is 28.8 Å². The SMILES string of the molecule is Cc1cccc(-c2ccc(C(=O)NC[C@]3(O)CN4CCC3CC4)c(=O)[nH]2)c1. The van der Waals surface area contributed by atoms with E-state index in [4.69, 9.17) is 0 Å². The first-order chi connectivity index (χ1) is 12.9. The standard InChI is InChI=1S/C21H25N3O3/c1-14-3-2-4-15(11-14)18-6-5-17(20(26)23-18)19(25)22-12-21(27)13-24-9-7-16(21)8-10-24/h2-6,11,16,27H,7-10,12-13H2,1H3,(H,22,25)(H,23,26)/t21-/m0/s1. The van der Waals surface area contributed by atoms with Crippen molar-refractivity contribution in [1.29, 1.82) is 0 Å². The Labute approximate surface area is 158 Å². The van der Waals surface area contributed by atoms with Crippen molar-refractivity contribution in [3.63, 3.8) is 0 Å². The van der Waals surface area contributed by atoms with E-state index in [1.807, 2.05) is 31.2 Å². The van der Waals surface area contributed by atoms with E-state index in [1.165, 1.54) is 0 Å². The number of hydrogen-bond donors (Lipinski definition) is 3. The molecule has 1 aromatic heterocycles. The summed E-state index contributed by atoms with van der Waals surface area (Å²) < 4.78 is 0. The van der Waals surface area contributed by atoms with Crippen LogP contribution in [-0.4, -0.2) is 52.7 Å². The highest BCUT2D eigenvalue weighted by Gasteiger charge is 2.45. The fourth-order valence-electron chi connectivity index (χ4n) is 4.31. The summed E-state index contributed by atoms with van der Waals surface area (Å²) in [4.78, 5) is 29.9. The lowest BCUT2D eigenvalue weighted by molar-refractivity contribution is -0.108. The molecule has 1 atom stereocenters. The molecule has 3 saturated heterocycles. The highest BCUT2D eigenvalue weighted by atomic mass is 16.3. The average molecular weight is 367 g/mol. The Morgan fingerprint density at radius 3 is 2.70 bits per heavy atom. The van der Waals surface area contributed by atoms with Crippen LogP contribution in [0.4, 0.5) is 0 Å². The van der Waals surface area contributed by atoms with Gasteiger partial charge in [0.05, 0.1) is 5.60 Å². The number of benzene rings is 1. The minimum atomic E-state index is -0.902. The summed E-state index contributed by atoms with van der Waals surface area (Å²) in [5.74, 6) is -0.235. The number of nitrogens with one attached hydrogen (secondary N) is 2. The summed E-state index contributed by atoms with van der Waals surface area (Å²) >= 11 is 0.